The number of hydrogen-bond acceptors (Lipinski definition) is 5. The number of carboxylic acids is 1. The number of rotatable bonds is 3. The van der Waals surface area contributed by atoms with Crippen LogP contribution in [-0.4, -0.2) is 44.9 Å². The zero-order valence-corrected chi connectivity index (χ0v) is 11.6. The van der Waals surface area contributed by atoms with Crippen molar-refractivity contribution in [1.29, 1.82) is 0 Å². The predicted molar refractivity (Wildman–Crippen MR) is 72.2 cm³/mol. The van der Waals surface area contributed by atoms with Crippen molar-refractivity contribution in [2.24, 2.45) is 5.92 Å². The van der Waals surface area contributed by atoms with Gasteiger partial charge in [0.1, 0.15) is 5.56 Å². The van der Waals surface area contributed by atoms with Gasteiger partial charge in [-0.15, -0.1) is 0 Å². The second kappa shape index (κ2) is 6.04. The van der Waals surface area contributed by atoms with Crippen LogP contribution >= 0.6 is 11.6 Å². The van der Waals surface area contributed by atoms with Crippen LogP contribution in [0.15, 0.2) is 12.3 Å². The first-order valence-electron chi connectivity index (χ1n) is 6.22. The highest BCUT2D eigenvalue weighted by atomic mass is 35.5. The van der Waals surface area contributed by atoms with Crippen LogP contribution in [0.3, 0.4) is 0 Å². The lowest BCUT2D eigenvalue weighted by atomic mass is 9.97. The summed E-state index contributed by atoms with van der Waals surface area (Å²) in [6.07, 6.45) is 2.23. The van der Waals surface area contributed by atoms with E-state index in [-0.39, 0.29) is 17.3 Å². The summed E-state index contributed by atoms with van der Waals surface area (Å²) in [4.78, 5) is 38.6. The zero-order valence-electron chi connectivity index (χ0n) is 10.9. The minimum absolute atomic E-state index is 0.0330. The van der Waals surface area contributed by atoms with Crippen molar-refractivity contribution in [3.05, 3.63) is 33.1 Å². The number of amides is 1. The van der Waals surface area contributed by atoms with Crippen molar-refractivity contribution in [3.63, 3.8) is 0 Å². The molecule has 21 heavy (non-hydrogen) atoms. The highest BCUT2D eigenvalue weighted by Gasteiger charge is 2.32. The molecule has 8 nitrogen and oxygen atoms in total. The van der Waals surface area contributed by atoms with Gasteiger partial charge in [-0.3, -0.25) is 19.7 Å². The minimum Gasteiger partial charge on any atom is -0.481 e. The van der Waals surface area contributed by atoms with E-state index in [0.29, 0.717) is 19.4 Å². The highest BCUT2D eigenvalue weighted by Crippen LogP contribution is 2.28. The molecule has 1 amide bonds. The van der Waals surface area contributed by atoms with E-state index >= 15 is 0 Å². The largest absolute Gasteiger partial charge is 0.481 e. The Kier molecular flexibility index (Phi) is 4.37. The number of aliphatic carboxylic acids is 1. The summed E-state index contributed by atoms with van der Waals surface area (Å²) in [7, 11) is 0. The fourth-order valence-corrected chi connectivity index (χ4v) is 2.54. The van der Waals surface area contributed by atoms with E-state index in [1.54, 1.807) is 0 Å². The highest BCUT2D eigenvalue weighted by molar-refractivity contribution is 6.32. The van der Waals surface area contributed by atoms with Crippen molar-refractivity contribution < 1.29 is 19.6 Å². The lowest BCUT2D eigenvalue weighted by molar-refractivity contribution is -0.385. The van der Waals surface area contributed by atoms with Crippen LogP contribution in [0.5, 0.6) is 0 Å². The summed E-state index contributed by atoms with van der Waals surface area (Å²) in [6, 6.07) is 1.22. The molecular formula is C12H12ClN3O5. The maximum absolute atomic E-state index is 12.4. The Morgan fingerprint density at radius 3 is 2.86 bits per heavy atom. The molecule has 0 bridgehead atoms. The number of likely N-dealkylation sites (tertiary alicyclic amines) is 1. The van der Waals surface area contributed by atoms with Crippen LogP contribution in [-0.2, 0) is 4.79 Å². The number of hydrogen-bond donors (Lipinski definition) is 1. The SMILES string of the molecule is O=C(O)[C@H]1CCCN(C(=O)c2ccnc(Cl)c2[N+](=O)[O-])C1. The van der Waals surface area contributed by atoms with Crippen LogP contribution in [0.25, 0.3) is 0 Å². The molecule has 0 saturated carbocycles. The Balaban J connectivity index is 2.30. The smallest absolute Gasteiger partial charge is 0.319 e. The quantitative estimate of drug-likeness (QED) is 0.515. The molecule has 0 spiro atoms. The van der Waals surface area contributed by atoms with E-state index < -0.39 is 28.4 Å². The first kappa shape index (κ1) is 15.2. The Morgan fingerprint density at radius 1 is 1.52 bits per heavy atom. The van der Waals surface area contributed by atoms with E-state index in [4.69, 9.17) is 16.7 Å². The standard InChI is InChI=1S/C12H12ClN3O5/c13-10-9(16(20)21)8(3-4-14-10)11(17)15-5-1-2-7(6-15)12(18)19/h3-4,7H,1-2,5-6H2,(H,18,19)/t7-/m0/s1. The number of piperidine rings is 1. The summed E-state index contributed by atoms with van der Waals surface area (Å²) in [5, 5.41) is 19.7. The number of nitrogens with zero attached hydrogens (tertiary/aromatic N) is 3. The number of nitro groups is 1. The lowest BCUT2D eigenvalue weighted by Gasteiger charge is -2.30. The molecule has 0 unspecified atom stereocenters. The molecule has 9 heteroatoms. The summed E-state index contributed by atoms with van der Waals surface area (Å²) in [5.74, 6) is -2.23. The second-order valence-electron chi connectivity index (χ2n) is 4.68. The van der Waals surface area contributed by atoms with Gasteiger partial charge in [0.15, 0.2) is 0 Å². The normalized spacial score (nSPS) is 18.3. The molecule has 1 fully saturated rings. The van der Waals surface area contributed by atoms with E-state index in [2.05, 4.69) is 4.98 Å². The van der Waals surface area contributed by atoms with Gasteiger partial charge >= 0.3 is 11.7 Å². The van der Waals surface area contributed by atoms with Gasteiger partial charge in [-0.25, -0.2) is 4.98 Å². The number of carbonyl (C=O) groups excluding carboxylic acids is 1. The first-order chi connectivity index (χ1) is 9.91. The van der Waals surface area contributed by atoms with Crippen molar-refractivity contribution in [1.82, 2.24) is 9.88 Å². The second-order valence-corrected chi connectivity index (χ2v) is 5.04. The maximum atomic E-state index is 12.4. The van der Waals surface area contributed by atoms with Gasteiger partial charge in [0.05, 0.1) is 10.8 Å². The number of carboxylic acid groups (broad SMARTS) is 1. The molecule has 1 saturated heterocycles. The first-order valence-corrected chi connectivity index (χ1v) is 6.60. The Morgan fingerprint density at radius 2 is 2.24 bits per heavy atom. The van der Waals surface area contributed by atoms with E-state index in [9.17, 15) is 19.7 Å². The van der Waals surface area contributed by atoms with Crippen LogP contribution in [0.4, 0.5) is 5.69 Å². The van der Waals surface area contributed by atoms with Gasteiger partial charge in [-0.05, 0) is 18.9 Å². The molecule has 0 aliphatic carbocycles. The van der Waals surface area contributed by atoms with Gasteiger partial charge < -0.3 is 10.0 Å². The summed E-state index contributed by atoms with van der Waals surface area (Å²) in [5.41, 5.74) is -0.729. The molecular weight excluding hydrogens is 302 g/mol. The number of halogens is 1. The molecule has 1 aromatic rings. The van der Waals surface area contributed by atoms with Gasteiger partial charge in [-0.1, -0.05) is 11.6 Å². The molecule has 1 aliphatic heterocycles. The molecule has 0 aromatic carbocycles. The zero-order chi connectivity index (χ0) is 15.6. The third-order valence-corrected chi connectivity index (χ3v) is 3.63. The maximum Gasteiger partial charge on any atom is 0.319 e. The summed E-state index contributed by atoms with van der Waals surface area (Å²) < 4.78 is 0. The summed E-state index contributed by atoms with van der Waals surface area (Å²) >= 11 is 5.67. The van der Waals surface area contributed by atoms with Crippen LogP contribution < -0.4 is 0 Å². The van der Waals surface area contributed by atoms with Crippen molar-refractivity contribution in [2.75, 3.05) is 13.1 Å². The van der Waals surface area contributed by atoms with Gasteiger partial charge in [0.25, 0.3) is 5.91 Å². The molecule has 112 valence electrons. The molecule has 1 N–H and O–H groups in total. The Hall–Kier alpha value is -2.22. The predicted octanol–water partition coefficient (Wildman–Crippen LogP) is 1.58. The van der Waals surface area contributed by atoms with Gasteiger partial charge in [-0.2, -0.15) is 0 Å². The topological polar surface area (TPSA) is 114 Å². The number of aromatic nitrogens is 1. The van der Waals surface area contributed by atoms with E-state index in [1.165, 1.54) is 17.2 Å². The number of carbonyl (C=O) groups is 2. The summed E-state index contributed by atoms with van der Waals surface area (Å²) in [6.45, 7) is 0.394. The van der Waals surface area contributed by atoms with Crippen molar-refractivity contribution in [3.8, 4) is 0 Å². The van der Waals surface area contributed by atoms with Crippen molar-refractivity contribution >= 4 is 29.2 Å². The molecule has 1 atom stereocenters. The monoisotopic (exact) mass is 313 g/mol. The fraction of sp³-hybridized carbons (Fsp3) is 0.417. The van der Waals surface area contributed by atoms with E-state index in [0.717, 1.165) is 0 Å². The molecule has 1 aromatic heterocycles. The lowest BCUT2D eigenvalue weighted by Crippen LogP contribution is -2.42. The molecule has 0 radical (unpaired) electrons. The van der Waals surface area contributed by atoms with Crippen LogP contribution in [0, 0.1) is 16.0 Å². The van der Waals surface area contributed by atoms with E-state index in [1.807, 2.05) is 0 Å². The Labute approximate surface area is 124 Å². The average Bonchev–Trinajstić information content (AvgIpc) is 2.45. The molecule has 2 rings (SSSR count). The molecule has 1 aliphatic rings. The number of pyridine rings is 1. The fourth-order valence-electron chi connectivity index (χ4n) is 2.31. The average molecular weight is 314 g/mol. The molecule has 2 heterocycles. The van der Waals surface area contributed by atoms with Crippen LogP contribution in [0.1, 0.15) is 23.2 Å². The third-order valence-electron chi connectivity index (χ3n) is 3.35. The van der Waals surface area contributed by atoms with Gasteiger partial charge in [0, 0.05) is 19.3 Å². The third kappa shape index (κ3) is 3.10. The van der Waals surface area contributed by atoms with Crippen LogP contribution in [0.2, 0.25) is 5.15 Å². The van der Waals surface area contributed by atoms with Gasteiger partial charge in [0.2, 0.25) is 5.15 Å². The van der Waals surface area contributed by atoms with Crippen molar-refractivity contribution in [2.45, 2.75) is 12.8 Å². The Bertz CT molecular complexity index is 607. The minimum atomic E-state index is -0.977.